The van der Waals surface area contributed by atoms with E-state index in [1.807, 2.05) is 43.3 Å². The van der Waals surface area contributed by atoms with Gasteiger partial charge in [0, 0.05) is 6.54 Å². The molecule has 0 aromatic heterocycles. The Morgan fingerprint density at radius 2 is 1.68 bits per heavy atom. The van der Waals surface area contributed by atoms with Gasteiger partial charge in [0.1, 0.15) is 0 Å². The first-order valence-corrected chi connectivity index (χ1v) is 7.76. The molecule has 0 heterocycles. The van der Waals surface area contributed by atoms with Crippen molar-refractivity contribution in [2.45, 2.75) is 32.4 Å². The van der Waals surface area contributed by atoms with E-state index in [2.05, 4.69) is 17.4 Å². The van der Waals surface area contributed by atoms with Gasteiger partial charge in [-0.1, -0.05) is 48.5 Å². The van der Waals surface area contributed by atoms with Gasteiger partial charge in [-0.3, -0.25) is 0 Å². The summed E-state index contributed by atoms with van der Waals surface area (Å²) < 4.78 is 5.43. The molecule has 0 bridgehead atoms. The van der Waals surface area contributed by atoms with E-state index < -0.39 is 0 Å². The molecule has 22 heavy (non-hydrogen) atoms. The number of esters is 1. The Balaban J connectivity index is 1.60. The largest absolute Gasteiger partial charge is 0.459 e. The molecule has 2 aromatic rings. The molecule has 3 nitrogen and oxygen atoms in total. The van der Waals surface area contributed by atoms with Gasteiger partial charge in [0.05, 0.1) is 11.7 Å². The van der Waals surface area contributed by atoms with Crippen LogP contribution in [-0.2, 0) is 11.3 Å². The predicted molar refractivity (Wildman–Crippen MR) is 88.7 cm³/mol. The fraction of sp³-hybridized carbons (Fsp3) is 0.316. The average molecular weight is 297 g/mol. The molecule has 1 atom stereocenters. The molecular weight excluding hydrogens is 274 g/mol. The summed E-state index contributed by atoms with van der Waals surface area (Å²) in [7, 11) is 0. The van der Waals surface area contributed by atoms with Gasteiger partial charge in [-0.05, 0) is 44.0 Å². The van der Waals surface area contributed by atoms with Gasteiger partial charge < -0.3 is 10.1 Å². The smallest absolute Gasteiger partial charge is 0.338 e. The topological polar surface area (TPSA) is 38.3 Å². The van der Waals surface area contributed by atoms with Crippen molar-refractivity contribution in [1.29, 1.82) is 0 Å². The van der Waals surface area contributed by atoms with Gasteiger partial charge in [-0.15, -0.1) is 0 Å². The summed E-state index contributed by atoms with van der Waals surface area (Å²) in [5, 5.41) is 3.40. The van der Waals surface area contributed by atoms with Crippen LogP contribution in [0.1, 0.15) is 35.7 Å². The van der Waals surface area contributed by atoms with Crippen molar-refractivity contribution in [3.63, 3.8) is 0 Å². The molecule has 0 aliphatic rings. The fourth-order valence-electron chi connectivity index (χ4n) is 2.23. The number of hydrogen-bond acceptors (Lipinski definition) is 3. The highest BCUT2D eigenvalue weighted by Crippen LogP contribution is 2.07. The van der Waals surface area contributed by atoms with Crippen molar-refractivity contribution in [2.75, 3.05) is 6.54 Å². The van der Waals surface area contributed by atoms with E-state index in [-0.39, 0.29) is 12.1 Å². The lowest BCUT2D eigenvalue weighted by Gasteiger charge is -2.13. The van der Waals surface area contributed by atoms with Gasteiger partial charge >= 0.3 is 5.97 Å². The van der Waals surface area contributed by atoms with E-state index in [0.29, 0.717) is 5.56 Å². The van der Waals surface area contributed by atoms with Crippen LogP contribution >= 0.6 is 0 Å². The molecule has 0 fully saturated rings. The van der Waals surface area contributed by atoms with Crippen LogP contribution in [0, 0.1) is 0 Å². The molecule has 3 heteroatoms. The number of nitrogens with one attached hydrogen (secondary N) is 1. The van der Waals surface area contributed by atoms with Crippen LogP contribution in [0.2, 0.25) is 0 Å². The molecule has 2 aromatic carbocycles. The van der Waals surface area contributed by atoms with Crippen molar-refractivity contribution in [3.05, 3.63) is 71.8 Å². The number of ether oxygens (including phenoxy) is 1. The molecule has 0 aliphatic carbocycles. The number of hydrogen-bond donors (Lipinski definition) is 1. The quantitative estimate of drug-likeness (QED) is 0.595. The maximum Gasteiger partial charge on any atom is 0.338 e. The fourth-order valence-corrected chi connectivity index (χ4v) is 2.23. The summed E-state index contributed by atoms with van der Waals surface area (Å²) in [6.07, 6.45) is 1.78. The van der Waals surface area contributed by atoms with E-state index in [1.54, 1.807) is 12.1 Å². The molecule has 0 saturated heterocycles. The minimum Gasteiger partial charge on any atom is -0.459 e. The van der Waals surface area contributed by atoms with E-state index in [1.165, 1.54) is 5.56 Å². The zero-order chi connectivity index (χ0) is 15.6. The third kappa shape index (κ3) is 5.70. The molecule has 1 unspecified atom stereocenters. The third-order valence-corrected chi connectivity index (χ3v) is 3.45. The van der Waals surface area contributed by atoms with Crippen molar-refractivity contribution in [3.8, 4) is 0 Å². The first-order valence-electron chi connectivity index (χ1n) is 7.76. The summed E-state index contributed by atoms with van der Waals surface area (Å²) in [6, 6.07) is 19.4. The molecular formula is C19H23NO2. The molecule has 0 aliphatic heterocycles. The summed E-state index contributed by atoms with van der Waals surface area (Å²) in [6.45, 7) is 3.74. The number of carbonyl (C=O) groups is 1. The van der Waals surface area contributed by atoms with Gasteiger partial charge in [0.25, 0.3) is 0 Å². The highest BCUT2D eigenvalue weighted by molar-refractivity contribution is 5.89. The van der Waals surface area contributed by atoms with Crippen LogP contribution in [0.3, 0.4) is 0 Å². The minimum absolute atomic E-state index is 0.0637. The van der Waals surface area contributed by atoms with E-state index in [9.17, 15) is 4.79 Å². The Bertz CT molecular complexity index is 554. The standard InChI is InChI=1S/C19H23NO2/c1-16(22-19(21)18-12-6-3-7-13-18)9-8-14-20-15-17-10-4-2-5-11-17/h2-7,10-13,16,20H,8-9,14-15H2,1H3. The Morgan fingerprint density at radius 1 is 1.05 bits per heavy atom. The molecule has 0 amide bonds. The molecule has 1 N–H and O–H groups in total. The Hall–Kier alpha value is -2.13. The van der Waals surface area contributed by atoms with Crippen molar-refractivity contribution >= 4 is 5.97 Å². The van der Waals surface area contributed by atoms with Gasteiger partial charge in [0.15, 0.2) is 0 Å². The lowest BCUT2D eigenvalue weighted by Crippen LogP contribution is -2.19. The second-order valence-corrected chi connectivity index (χ2v) is 5.39. The first-order chi connectivity index (χ1) is 10.8. The lowest BCUT2D eigenvalue weighted by molar-refractivity contribution is 0.0321. The predicted octanol–water partition coefficient (Wildman–Crippen LogP) is 3.80. The Kier molecular flexibility index (Phi) is 6.65. The molecule has 0 radical (unpaired) electrons. The zero-order valence-corrected chi connectivity index (χ0v) is 13.0. The highest BCUT2D eigenvalue weighted by atomic mass is 16.5. The summed E-state index contributed by atoms with van der Waals surface area (Å²) in [5.41, 5.74) is 1.89. The van der Waals surface area contributed by atoms with Crippen LogP contribution in [0.15, 0.2) is 60.7 Å². The van der Waals surface area contributed by atoms with Crippen molar-refractivity contribution in [1.82, 2.24) is 5.32 Å². The SMILES string of the molecule is CC(CCCNCc1ccccc1)OC(=O)c1ccccc1. The van der Waals surface area contributed by atoms with E-state index >= 15 is 0 Å². The summed E-state index contributed by atoms with van der Waals surface area (Å²) >= 11 is 0. The van der Waals surface area contributed by atoms with Gasteiger partial charge in [-0.25, -0.2) is 4.79 Å². The molecule has 0 saturated carbocycles. The third-order valence-electron chi connectivity index (χ3n) is 3.45. The van der Waals surface area contributed by atoms with Crippen LogP contribution in [-0.4, -0.2) is 18.6 Å². The first kappa shape index (κ1) is 16.2. The summed E-state index contributed by atoms with van der Waals surface area (Å²) in [4.78, 5) is 11.9. The number of benzene rings is 2. The Labute approximate surface area is 132 Å². The maximum atomic E-state index is 11.9. The van der Waals surface area contributed by atoms with Crippen LogP contribution in [0.5, 0.6) is 0 Å². The molecule has 2 rings (SSSR count). The van der Waals surface area contributed by atoms with E-state index in [4.69, 9.17) is 4.74 Å². The van der Waals surface area contributed by atoms with Crippen LogP contribution < -0.4 is 5.32 Å². The number of carbonyl (C=O) groups excluding carboxylic acids is 1. The van der Waals surface area contributed by atoms with Crippen LogP contribution in [0.25, 0.3) is 0 Å². The second-order valence-electron chi connectivity index (χ2n) is 5.39. The summed E-state index contributed by atoms with van der Waals surface area (Å²) in [5.74, 6) is -0.245. The highest BCUT2D eigenvalue weighted by Gasteiger charge is 2.10. The zero-order valence-electron chi connectivity index (χ0n) is 13.0. The minimum atomic E-state index is -0.245. The van der Waals surface area contributed by atoms with E-state index in [0.717, 1.165) is 25.9 Å². The molecule has 116 valence electrons. The number of rotatable bonds is 8. The van der Waals surface area contributed by atoms with Crippen molar-refractivity contribution < 1.29 is 9.53 Å². The average Bonchev–Trinajstić information content (AvgIpc) is 2.56. The molecule has 0 spiro atoms. The second kappa shape index (κ2) is 9.00. The normalized spacial score (nSPS) is 11.9. The lowest BCUT2D eigenvalue weighted by atomic mass is 10.2. The Morgan fingerprint density at radius 3 is 2.36 bits per heavy atom. The van der Waals surface area contributed by atoms with Gasteiger partial charge in [0.2, 0.25) is 0 Å². The van der Waals surface area contributed by atoms with Gasteiger partial charge in [-0.2, -0.15) is 0 Å². The van der Waals surface area contributed by atoms with Crippen LogP contribution in [0.4, 0.5) is 0 Å². The van der Waals surface area contributed by atoms with Crippen molar-refractivity contribution in [2.24, 2.45) is 0 Å². The monoisotopic (exact) mass is 297 g/mol. The maximum absolute atomic E-state index is 11.9.